The predicted molar refractivity (Wildman–Crippen MR) is 50.0 cm³/mol. The third-order valence-electron chi connectivity index (χ3n) is 1.17. The molecule has 12 heavy (non-hydrogen) atoms. The first-order valence-electron chi connectivity index (χ1n) is 3.91. The van der Waals surface area contributed by atoms with Gasteiger partial charge >= 0.3 is 0 Å². The van der Waals surface area contributed by atoms with Gasteiger partial charge in [0.15, 0.2) is 5.78 Å². The molecule has 0 aliphatic carbocycles. The maximum absolute atomic E-state index is 10.7. The summed E-state index contributed by atoms with van der Waals surface area (Å²) in [6.45, 7) is 5.48. The minimum Gasteiger partial charge on any atom is -0.397 e. The molecular weight excluding hydrogens is 152 g/mol. The van der Waals surface area contributed by atoms with Crippen LogP contribution in [0.3, 0.4) is 0 Å². The smallest absolute Gasteiger partial charge is 0.161 e. The summed E-state index contributed by atoms with van der Waals surface area (Å²) in [6.07, 6.45) is 3.01. The van der Waals surface area contributed by atoms with Crippen LogP contribution in [-0.2, 0) is 0 Å². The molecule has 66 valence electrons. The van der Waals surface area contributed by atoms with E-state index in [0.717, 1.165) is 0 Å². The van der Waals surface area contributed by atoms with Crippen LogP contribution in [0.15, 0.2) is 18.5 Å². The third-order valence-corrected chi connectivity index (χ3v) is 1.17. The summed E-state index contributed by atoms with van der Waals surface area (Å²) in [7, 11) is 0. The van der Waals surface area contributed by atoms with Gasteiger partial charge in [0.2, 0.25) is 0 Å². The van der Waals surface area contributed by atoms with E-state index in [9.17, 15) is 4.79 Å². The van der Waals surface area contributed by atoms with Crippen molar-refractivity contribution in [2.24, 2.45) is 0 Å². The molecule has 1 aromatic heterocycles. The molecule has 0 bridgehead atoms. The van der Waals surface area contributed by atoms with E-state index in [-0.39, 0.29) is 5.78 Å². The molecule has 1 heterocycles. The lowest BCUT2D eigenvalue weighted by Crippen LogP contribution is -1.95. The SMILES string of the molecule is CC.CC(=O)c1cncc(N)c1. The summed E-state index contributed by atoms with van der Waals surface area (Å²) >= 11 is 0. The van der Waals surface area contributed by atoms with Crippen molar-refractivity contribution in [1.29, 1.82) is 0 Å². The lowest BCUT2D eigenvalue weighted by molar-refractivity contribution is 0.101. The van der Waals surface area contributed by atoms with Crippen LogP contribution in [0.25, 0.3) is 0 Å². The van der Waals surface area contributed by atoms with Gasteiger partial charge in [-0.15, -0.1) is 0 Å². The third kappa shape index (κ3) is 3.14. The van der Waals surface area contributed by atoms with Crippen molar-refractivity contribution >= 4 is 11.5 Å². The van der Waals surface area contributed by atoms with Gasteiger partial charge in [-0.25, -0.2) is 0 Å². The number of aromatic nitrogens is 1. The summed E-state index contributed by atoms with van der Waals surface area (Å²) in [4.78, 5) is 14.5. The molecule has 0 atom stereocenters. The van der Waals surface area contributed by atoms with E-state index in [1.807, 2.05) is 13.8 Å². The number of nitrogens with zero attached hydrogens (tertiary/aromatic N) is 1. The number of pyridine rings is 1. The quantitative estimate of drug-likeness (QED) is 0.648. The van der Waals surface area contributed by atoms with Gasteiger partial charge < -0.3 is 5.73 Å². The molecule has 1 aromatic rings. The Bertz CT molecular complexity index is 258. The van der Waals surface area contributed by atoms with Crippen LogP contribution in [0.2, 0.25) is 0 Å². The number of anilines is 1. The first-order chi connectivity index (χ1) is 5.70. The van der Waals surface area contributed by atoms with Crippen molar-refractivity contribution in [3.05, 3.63) is 24.0 Å². The zero-order chi connectivity index (χ0) is 9.56. The number of nitrogen functional groups attached to an aromatic ring is 1. The summed E-state index contributed by atoms with van der Waals surface area (Å²) < 4.78 is 0. The second kappa shape index (κ2) is 5.29. The van der Waals surface area contributed by atoms with Gasteiger partial charge in [-0.1, -0.05) is 13.8 Å². The van der Waals surface area contributed by atoms with Gasteiger partial charge in [0, 0.05) is 18.0 Å². The van der Waals surface area contributed by atoms with Crippen molar-refractivity contribution in [2.45, 2.75) is 20.8 Å². The van der Waals surface area contributed by atoms with Crippen LogP contribution in [0.4, 0.5) is 5.69 Å². The van der Waals surface area contributed by atoms with Crippen LogP contribution in [0, 0.1) is 0 Å². The second-order valence-electron chi connectivity index (χ2n) is 2.06. The monoisotopic (exact) mass is 166 g/mol. The number of carbonyl (C=O) groups is 1. The molecule has 0 saturated carbocycles. The lowest BCUT2D eigenvalue weighted by Gasteiger charge is -1.94. The topological polar surface area (TPSA) is 56.0 Å². The first kappa shape index (κ1) is 10.6. The fourth-order valence-corrected chi connectivity index (χ4v) is 0.650. The van der Waals surface area contributed by atoms with Crippen molar-refractivity contribution in [2.75, 3.05) is 5.73 Å². The molecule has 0 amide bonds. The van der Waals surface area contributed by atoms with Gasteiger partial charge in [-0.2, -0.15) is 0 Å². The molecule has 0 unspecified atom stereocenters. The average molecular weight is 166 g/mol. The van der Waals surface area contributed by atoms with Gasteiger partial charge in [-0.3, -0.25) is 9.78 Å². The van der Waals surface area contributed by atoms with Crippen LogP contribution in [-0.4, -0.2) is 10.8 Å². The average Bonchev–Trinajstić information content (AvgIpc) is 2.08. The summed E-state index contributed by atoms with van der Waals surface area (Å²) in [5.74, 6) is -0.0141. The Morgan fingerprint density at radius 3 is 2.33 bits per heavy atom. The highest BCUT2D eigenvalue weighted by Crippen LogP contribution is 2.03. The van der Waals surface area contributed by atoms with Gasteiger partial charge in [-0.05, 0) is 13.0 Å². The van der Waals surface area contributed by atoms with Crippen molar-refractivity contribution in [3.63, 3.8) is 0 Å². The highest BCUT2D eigenvalue weighted by Gasteiger charge is 1.97. The molecule has 0 aromatic carbocycles. The number of Topliss-reactive ketones (excluding diaryl/α,β-unsaturated/α-hetero) is 1. The zero-order valence-corrected chi connectivity index (χ0v) is 7.66. The van der Waals surface area contributed by atoms with E-state index in [1.165, 1.54) is 19.3 Å². The maximum atomic E-state index is 10.7. The molecule has 3 nitrogen and oxygen atoms in total. The van der Waals surface area contributed by atoms with Crippen LogP contribution in [0.5, 0.6) is 0 Å². The fraction of sp³-hybridized carbons (Fsp3) is 0.333. The Balaban J connectivity index is 0.000000561. The Labute approximate surface area is 72.6 Å². The number of nitrogens with two attached hydrogens (primary N) is 1. The Hall–Kier alpha value is -1.38. The molecule has 2 N–H and O–H groups in total. The second-order valence-corrected chi connectivity index (χ2v) is 2.06. The molecule has 0 aliphatic heterocycles. The summed E-state index contributed by atoms with van der Waals surface area (Å²) in [6, 6.07) is 1.61. The van der Waals surface area contributed by atoms with Crippen LogP contribution in [0.1, 0.15) is 31.1 Å². The zero-order valence-electron chi connectivity index (χ0n) is 7.66. The molecule has 1 rings (SSSR count). The van der Waals surface area contributed by atoms with Gasteiger partial charge in [0.05, 0.1) is 5.69 Å². The van der Waals surface area contributed by atoms with E-state index in [1.54, 1.807) is 6.07 Å². The van der Waals surface area contributed by atoms with E-state index in [0.29, 0.717) is 11.3 Å². The molecule has 0 radical (unpaired) electrons. The Kier molecular flexibility index (Phi) is 4.69. The summed E-state index contributed by atoms with van der Waals surface area (Å²) in [5.41, 5.74) is 6.46. The Morgan fingerprint density at radius 1 is 1.42 bits per heavy atom. The van der Waals surface area contributed by atoms with Crippen molar-refractivity contribution in [3.8, 4) is 0 Å². The van der Waals surface area contributed by atoms with E-state index in [2.05, 4.69) is 4.98 Å². The van der Waals surface area contributed by atoms with Crippen molar-refractivity contribution in [1.82, 2.24) is 4.98 Å². The van der Waals surface area contributed by atoms with Crippen LogP contribution >= 0.6 is 0 Å². The molecule has 0 spiro atoms. The largest absolute Gasteiger partial charge is 0.397 e. The van der Waals surface area contributed by atoms with Crippen LogP contribution < -0.4 is 5.73 Å². The van der Waals surface area contributed by atoms with E-state index >= 15 is 0 Å². The van der Waals surface area contributed by atoms with E-state index < -0.39 is 0 Å². The normalized spacial score (nSPS) is 8.25. The van der Waals surface area contributed by atoms with E-state index in [4.69, 9.17) is 5.73 Å². The number of rotatable bonds is 1. The lowest BCUT2D eigenvalue weighted by atomic mass is 10.2. The number of hydrogen-bond acceptors (Lipinski definition) is 3. The van der Waals surface area contributed by atoms with Gasteiger partial charge in [0.25, 0.3) is 0 Å². The minimum absolute atomic E-state index is 0.0141. The molecule has 0 saturated heterocycles. The first-order valence-corrected chi connectivity index (χ1v) is 3.91. The highest BCUT2D eigenvalue weighted by molar-refractivity contribution is 5.94. The Morgan fingerprint density at radius 2 is 2.00 bits per heavy atom. The highest BCUT2D eigenvalue weighted by atomic mass is 16.1. The van der Waals surface area contributed by atoms with Crippen molar-refractivity contribution < 1.29 is 4.79 Å². The summed E-state index contributed by atoms with van der Waals surface area (Å²) in [5, 5.41) is 0. The molecular formula is C9H14N2O. The number of carbonyl (C=O) groups excluding carboxylic acids is 1. The standard InChI is InChI=1S/C7H8N2O.C2H6/c1-5(10)6-2-7(8)4-9-3-6;1-2/h2-4H,8H2,1H3;1-2H3. The maximum Gasteiger partial charge on any atom is 0.161 e. The molecule has 3 heteroatoms. The molecule has 0 aliphatic rings. The number of ketones is 1. The fourth-order valence-electron chi connectivity index (χ4n) is 0.650. The molecule has 0 fully saturated rings. The minimum atomic E-state index is -0.0141. The predicted octanol–water partition coefficient (Wildman–Crippen LogP) is 1.89. The van der Waals surface area contributed by atoms with Gasteiger partial charge in [0.1, 0.15) is 0 Å². The number of hydrogen-bond donors (Lipinski definition) is 1.